The van der Waals surface area contributed by atoms with E-state index >= 15 is 0 Å². The van der Waals surface area contributed by atoms with Crippen LogP contribution in [0.3, 0.4) is 0 Å². The molecule has 37 heavy (non-hydrogen) atoms. The number of benzene rings is 2. The minimum Gasteiger partial charge on any atom is -0.497 e. The lowest BCUT2D eigenvalue weighted by Crippen LogP contribution is -2.45. The Hall–Kier alpha value is -3.56. The second-order valence-corrected chi connectivity index (χ2v) is 9.82. The van der Waals surface area contributed by atoms with Crippen molar-refractivity contribution in [2.45, 2.75) is 38.9 Å². The minimum atomic E-state index is -1.08. The van der Waals surface area contributed by atoms with Crippen LogP contribution in [-0.2, 0) is 24.3 Å². The normalized spacial score (nSPS) is 13.9. The first kappa shape index (κ1) is 26.5. The third-order valence-corrected chi connectivity index (χ3v) is 7.41. The van der Waals surface area contributed by atoms with E-state index in [9.17, 15) is 14.7 Å². The number of carbonyl (C=O) groups excluding carboxylic acids is 1. The third-order valence-electron chi connectivity index (χ3n) is 6.39. The summed E-state index contributed by atoms with van der Waals surface area (Å²) < 4.78 is 16.5. The topological polar surface area (TPSA) is 88.5 Å². The maximum absolute atomic E-state index is 13.0. The lowest BCUT2D eigenvalue weighted by Gasteiger charge is -2.27. The van der Waals surface area contributed by atoms with E-state index in [1.54, 1.807) is 38.3 Å². The van der Waals surface area contributed by atoms with Gasteiger partial charge in [0.1, 0.15) is 29.9 Å². The van der Waals surface area contributed by atoms with Crippen LogP contribution in [0.15, 0.2) is 60.0 Å². The van der Waals surface area contributed by atoms with Crippen molar-refractivity contribution in [3.63, 3.8) is 0 Å². The Morgan fingerprint density at radius 3 is 2.43 bits per heavy atom. The SMILES string of the molecule is CCC(C(=O)O)N(Cc1ccc(OCCN2CCc3sccc3C2)cc1)C(=O)Oc1ccc(OC)cc1. The molecule has 0 radical (unpaired) electrons. The number of nitrogens with zero attached hydrogens (tertiary/aromatic N) is 2. The van der Waals surface area contributed by atoms with E-state index in [0.717, 1.165) is 37.4 Å². The number of thiophene rings is 1. The maximum atomic E-state index is 13.0. The molecule has 8 nitrogen and oxygen atoms in total. The molecule has 3 aromatic rings. The van der Waals surface area contributed by atoms with Gasteiger partial charge in [0, 0.05) is 31.1 Å². The second kappa shape index (κ2) is 12.6. The molecule has 196 valence electrons. The first-order valence-electron chi connectivity index (χ1n) is 12.3. The van der Waals surface area contributed by atoms with Crippen molar-refractivity contribution in [3.05, 3.63) is 76.0 Å². The molecule has 0 spiro atoms. The van der Waals surface area contributed by atoms with Crippen molar-refractivity contribution >= 4 is 23.4 Å². The molecule has 1 aromatic heterocycles. The quantitative estimate of drug-likeness (QED) is 0.375. The molecule has 1 aliphatic rings. The van der Waals surface area contributed by atoms with Crippen LogP contribution in [0.1, 0.15) is 29.3 Å². The molecule has 0 bridgehead atoms. The first-order chi connectivity index (χ1) is 18.0. The summed E-state index contributed by atoms with van der Waals surface area (Å²) in [5, 5.41) is 11.9. The van der Waals surface area contributed by atoms with Crippen molar-refractivity contribution in [1.82, 2.24) is 9.80 Å². The molecule has 0 saturated carbocycles. The summed E-state index contributed by atoms with van der Waals surface area (Å²) in [7, 11) is 1.55. The summed E-state index contributed by atoms with van der Waals surface area (Å²) in [6.07, 6.45) is 0.612. The summed E-state index contributed by atoms with van der Waals surface area (Å²) >= 11 is 1.83. The molecule has 0 saturated heterocycles. The molecule has 2 heterocycles. The first-order valence-corrected chi connectivity index (χ1v) is 13.2. The predicted octanol–water partition coefficient (Wildman–Crippen LogP) is 5.06. The Kier molecular flexibility index (Phi) is 9.03. The minimum absolute atomic E-state index is 0.0941. The number of ether oxygens (including phenoxy) is 3. The van der Waals surface area contributed by atoms with E-state index in [0.29, 0.717) is 18.1 Å². The molecule has 1 aliphatic heterocycles. The van der Waals surface area contributed by atoms with E-state index in [-0.39, 0.29) is 13.0 Å². The molecule has 0 aliphatic carbocycles. The van der Waals surface area contributed by atoms with Gasteiger partial charge in [-0.15, -0.1) is 11.3 Å². The lowest BCUT2D eigenvalue weighted by molar-refractivity contribution is -0.142. The van der Waals surface area contributed by atoms with Gasteiger partial charge in [0.15, 0.2) is 0 Å². The number of aliphatic carboxylic acids is 1. The van der Waals surface area contributed by atoms with E-state index < -0.39 is 18.1 Å². The van der Waals surface area contributed by atoms with Crippen LogP contribution in [0.2, 0.25) is 0 Å². The van der Waals surface area contributed by atoms with Crippen LogP contribution in [0.4, 0.5) is 4.79 Å². The third kappa shape index (κ3) is 7.02. The molecule has 2 aromatic carbocycles. The Balaban J connectivity index is 1.34. The van der Waals surface area contributed by atoms with Gasteiger partial charge in [0.05, 0.1) is 7.11 Å². The van der Waals surface area contributed by atoms with E-state index in [4.69, 9.17) is 14.2 Å². The second-order valence-electron chi connectivity index (χ2n) is 8.82. The largest absolute Gasteiger partial charge is 0.497 e. The summed E-state index contributed by atoms with van der Waals surface area (Å²) in [4.78, 5) is 30.0. The van der Waals surface area contributed by atoms with Gasteiger partial charge >= 0.3 is 12.1 Å². The molecule has 0 fully saturated rings. The number of hydrogen-bond donors (Lipinski definition) is 1. The monoisotopic (exact) mass is 524 g/mol. The molecule has 9 heteroatoms. The molecule has 1 atom stereocenters. The Morgan fingerprint density at radius 1 is 1.05 bits per heavy atom. The van der Waals surface area contributed by atoms with Gasteiger partial charge in [0.25, 0.3) is 0 Å². The van der Waals surface area contributed by atoms with Gasteiger partial charge in [-0.1, -0.05) is 19.1 Å². The van der Waals surface area contributed by atoms with E-state index in [1.165, 1.54) is 15.3 Å². The highest BCUT2D eigenvalue weighted by Gasteiger charge is 2.30. The summed E-state index contributed by atoms with van der Waals surface area (Å²) in [6.45, 7) is 5.25. The van der Waals surface area contributed by atoms with Gasteiger partial charge in [0.2, 0.25) is 0 Å². The summed E-state index contributed by atoms with van der Waals surface area (Å²) in [5.74, 6) is 0.586. The average molecular weight is 525 g/mol. The van der Waals surface area contributed by atoms with Crippen LogP contribution in [0.5, 0.6) is 17.2 Å². The van der Waals surface area contributed by atoms with Crippen molar-refractivity contribution in [2.24, 2.45) is 0 Å². The van der Waals surface area contributed by atoms with Crippen LogP contribution < -0.4 is 14.2 Å². The molecule has 1 amide bonds. The Bertz CT molecular complexity index is 1180. The van der Waals surface area contributed by atoms with Crippen molar-refractivity contribution < 1.29 is 28.9 Å². The number of hydrogen-bond acceptors (Lipinski definition) is 7. The van der Waals surface area contributed by atoms with Crippen LogP contribution in [0.25, 0.3) is 0 Å². The fourth-order valence-corrected chi connectivity index (χ4v) is 5.20. The number of carbonyl (C=O) groups is 2. The summed E-state index contributed by atoms with van der Waals surface area (Å²) in [5.41, 5.74) is 2.20. The molecule has 1 unspecified atom stereocenters. The highest BCUT2D eigenvalue weighted by atomic mass is 32.1. The maximum Gasteiger partial charge on any atom is 0.416 e. The number of methoxy groups -OCH3 is 1. The van der Waals surface area contributed by atoms with E-state index in [2.05, 4.69) is 16.3 Å². The van der Waals surface area contributed by atoms with Crippen molar-refractivity contribution in [2.75, 3.05) is 26.8 Å². The highest BCUT2D eigenvalue weighted by molar-refractivity contribution is 7.10. The number of rotatable bonds is 11. The van der Waals surface area contributed by atoms with Gasteiger partial charge in [-0.05, 0) is 71.8 Å². The highest BCUT2D eigenvalue weighted by Crippen LogP contribution is 2.24. The number of amides is 1. The average Bonchev–Trinajstić information content (AvgIpc) is 3.38. The van der Waals surface area contributed by atoms with E-state index in [1.807, 2.05) is 35.6 Å². The Morgan fingerprint density at radius 2 is 1.76 bits per heavy atom. The van der Waals surface area contributed by atoms with Crippen molar-refractivity contribution in [3.8, 4) is 17.2 Å². The predicted molar refractivity (Wildman–Crippen MR) is 142 cm³/mol. The number of carboxylic acids is 1. The fourth-order valence-electron chi connectivity index (χ4n) is 4.31. The van der Waals surface area contributed by atoms with Gasteiger partial charge < -0.3 is 19.3 Å². The molecule has 1 N–H and O–H groups in total. The molecular formula is C28H32N2O6S. The smallest absolute Gasteiger partial charge is 0.416 e. The van der Waals surface area contributed by atoms with Gasteiger partial charge in [-0.25, -0.2) is 9.59 Å². The van der Waals surface area contributed by atoms with Crippen molar-refractivity contribution in [1.29, 1.82) is 0 Å². The molecular weight excluding hydrogens is 492 g/mol. The zero-order valence-electron chi connectivity index (χ0n) is 21.1. The summed E-state index contributed by atoms with van der Waals surface area (Å²) in [6, 6.07) is 15.1. The zero-order valence-corrected chi connectivity index (χ0v) is 21.9. The number of carboxylic acid groups (broad SMARTS) is 1. The van der Waals surface area contributed by atoms with Gasteiger partial charge in [-0.3, -0.25) is 9.80 Å². The zero-order chi connectivity index (χ0) is 26.2. The van der Waals surface area contributed by atoms with Crippen LogP contribution >= 0.6 is 11.3 Å². The Labute approximate surface area is 221 Å². The van der Waals surface area contributed by atoms with Crippen LogP contribution in [0, 0.1) is 0 Å². The fraction of sp³-hybridized carbons (Fsp3) is 0.357. The molecule has 4 rings (SSSR count). The van der Waals surface area contributed by atoms with Gasteiger partial charge in [-0.2, -0.15) is 0 Å². The van der Waals surface area contributed by atoms with Crippen LogP contribution in [-0.4, -0.2) is 59.8 Å². The lowest BCUT2D eigenvalue weighted by atomic mass is 10.1. The standard InChI is InChI=1S/C28H32N2O6S/c1-3-25(27(31)32)30(28(33)36-24-10-8-22(34-2)9-11-24)18-20-4-6-23(7-5-20)35-16-15-29-14-12-26-21(19-29)13-17-37-26/h4-11,13,17,25H,3,12,14-16,18-19H2,1-2H3,(H,31,32). The number of fused-ring (bicyclic) bond motifs is 1.